The average Bonchev–Trinajstić information content (AvgIpc) is 1.25. The van der Waals surface area contributed by atoms with Crippen molar-refractivity contribution in [2.75, 3.05) is 0 Å². The molecule has 0 saturated heterocycles. The first kappa shape index (κ1) is 13.3. The van der Waals surface area contributed by atoms with Gasteiger partial charge in [0.2, 0.25) is 0 Å². The molecule has 7 heteroatoms. The Morgan fingerprint density at radius 2 is 1.00 bits per heavy atom. The smallest absolute Gasteiger partial charge is 0.0874 e. The number of hydrogen-bond acceptors (Lipinski definition) is 0. The fraction of sp³-hybridized carbons (Fsp3) is 1.00. The lowest BCUT2D eigenvalue weighted by atomic mass is 11.9. The van der Waals surface area contributed by atoms with Crippen LogP contribution >= 0.6 is 85.3 Å². The van der Waals surface area contributed by atoms with Gasteiger partial charge in [0.1, 0.15) is 4.03 Å². The molecule has 0 aromatic carbocycles. The monoisotopic (exact) mass is 386 g/mol. The molecule has 0 spiro atoms. The van der Waals surface area contributed by atoms with Crippen molar-refractivity contribution in [1.29, 1.82) is 0 Å². The predicted molar refractivity (Wildman–Crippen MR) is 55.0 cm³/mol. The molecule has 0 unspecified atom stereocenters. The first-order chi connectivity index (χ1) is 3.46. The van der Waals surface area contributed by atoms with Gasteiger partial charge in [-0.1, -0.05) is 34.8 Å². The highest BCUT2D eigenvalue weighted by molar-refractivity contribution is 9.93. The van der Waals surface area contributed by atoms with E-state index in [-0.39, 0.29) is 4.03 Å². The SMILES string of the molecule is BrP(Br)Br.ClC(Cl)Cl. The molecule has 0 saturated carbocycles. The minimum Gasteiger partial charge on any atom is -0.0874 e. The number of hydrogen-bond donors (Lipinski definition) is 0. The van der Waals surface area contributed by atoms with Gasteiger partial charge < -0.3 is 0 Å². The van der Waals surface area contributed by atoms with E-state index in [0.29, 0.717) is 0 Å². The first-order valence-corrected chi connectivity index (χ1v) is 9.87. The van der Waals surface area contributed by atoms with Crippen molar-refractivity contribution in [3.05, 3.63) is 0 Å². The molecule has 0 aliphatic rings. The summed E-state index contributed by atoms with van der Waals surface area (Å²) in [5.74, 6) is 0. The van der Waals surface area contributed by atoms with Crippen molar-refractivity contribution in [2.24, 2.45) is 0 Å². The molecule has 0 radical (unpaired) electrons. The second-order valence-corrected chi connectivity index (χ2v) is 17.8. The Balaban J connectivity index is 0. The standard InChI is InChI=1S/CHCl3.Br3P/c2-1(3)4;1-4(2)3/h1H;. The van der Waals surface area contributed by atoms with Gasteiger partial charge in [-0.25, -0.2) is 0 Å². The summed E-state index contributed by atoms with van der Waals surface area (Å²) in [6.45, 7) is 0. The summed E-state index contributed by atoms with van der Waals surface area (Å²) in [4.78, 5) is 0. The van der Waals surface area contributed by atoms with Crippen molar-refractivity contribution < 1.29 is 0 Å². The van der Waals surface area contributed by atoms with Crippen molar-refractivity contribution in [2.45, 2.75) is 4.30 Å². The van der Waals surface area contributed by atoms with E-state index in [1.165, 1.54) is 0 Å². The van der Waals surface area contributed by atoms with Crippen LogP contribution in [0.1, 0.15) is 0 Å². The van der Waals surface area contributed by atoms with Crippen LogP contribution in [0.25, 0.3) is 0 Å². The van der Waals surface area contributed by atoms with Gasteiger partial charge in [0.15, 0.2) is 4.30 Å². The fourth-order valence-electron chi connectivity index (χ4n) is 0. The van der Waals surface area contributed by atoms with Crippen LogP contribution in [0.2, 0.25) is 0 Å². The van der Waals surface area contributed by atoms with Gasteiger partial charge in [-0.15, -0.1) is 0 Å². The predicted octanol–water partition coefficient (Wildman–Crippen LogP) is 5.38. The maximum atomic E-state index is 4.81. The van der Waals surface area contributed by atoms with Crippen LogP contribution in [-0.4, -0.2) is 4.30 Å². The van der Waals surface area contributed by atoms with Crippen LogP contribution in [0.4, 0.5) is 0 Å². The largest absolute Gasteiger partial charge is 0.180 e. The quantitative estimate of drug-likeness (QED) is 0.385. The normalized spacial score (nSPS) is 9.00. The van der Waals surface area contributed by atoms with E-state index < -0.39 is 4.30 Å². The molecule has 0 rings (SSSR count). The third-order valence-corrected chi connectivity index (χ3v) is 0. The van der Waals surface area contributed by atoms with Crippen LogP contribution in [0, 0.1) is 0 Å². The minimum atomic E-state index is -0.750. The van der Waals surface area contributed by atoms with Gasteiger partial charge in [0, 0.05) is 0 Å². The molecule has 0 aliphatic carbocycles. The topological polar surface area (TPSA) is 0 Å². The lowest BCUT2D eigenvalue weighted by molar-refractivity contribution is 1.96. The molecule has 0 bridgehead atoms. The van der Waals surface area contributed by atoms with Gasteiger partial charge in [-0.3, -0.25) is 0 Å². The van der Waals surface area contributed by atoms with Gasteiger partial charge in [0.05, 0.1) is 0 Å². The number of rotatable bonds is 0. The Labute approximate surface area is 88.6 Å². The zero-order valence-corrected chi connectivity index (χ0v) is 11.2. The summed E-state index contributed by atoms with van der Waals surface area (Å²) in [5, 5.41) is 0. The molecule has 0 heterocycles. The lowest BCUT2D eigenvalue weighted by Crippen LogP contribution is -1.55. The van der Waals surface area contributed by atoms with Crippen molar-refractivity contribution >= 4 is 85.3 Å². The Bertz CT molecular complexity index is 30.0. The second kappa shape index (κ2) is 9.74. The maximum Gasteiger partial charge on any atom is 0.180 e. The van der Waals surface area contributed by atoms with Crippen molar-refractivity contribution in [3.63, 3.8) is 0 Å². The van der Waals surface area contributed by atoms with E-state index in [1.807, 2.05) is 0 Å². The fourth-order valence-corrected chi connectivity index (χ4v) is 0. The van der Waals surface area contributed by atoms with E-state index in [9.17, 15) is 0 Å². The summed E-state index contributed by atoms with van der Waals surface area (Å²) in [5.41, 5.74) is 0. The highest BCUT2D eigenvalue weighted by Gasteiger charge is 1.79. The van der Waals surface area contributed by atoms with Crippen LogP contribution in [0.3, 0.4) is 0 Å². The van der Waals surface area contributed by atoms with Gasteiger partial charge in [-0.2, -0.15) is 0 Å². The second-order valence-electron chi connectivity index (χ2n) is 0.439. The molecule has 0 aliphatic heterocycles. The zero-order valence-electron chi connectivity index (χ0n) is 3.29. The Morgan fingerprint density at radius 1 is 1.00 bits per heavy atom. The van der Waals surface area contributed by atoms with E-state index >= 15 is 0 Å². The molecule has 0 nitrogen and oxygen atoms in total. The van der Waals surface area contributed by atoms with Gasteiger partial charge in [-0.05, 0) is 46.5 Å². The van der Waals surface area contributed by atoms with Gasteiger partial charge >= 0.3 is 0 Å². The lowest BCUT2D eigenvalue weighted by Gasteiger charge is -1.70. The molecular weight excluding hydrogens is 389 g/mol. The summed E-state index contributed by atoms with van der Waals surface area (Å²) < 4.78 is -0.933. The van der Waals surface area contributed by atoms with E-state index in [2.05, 4.69) is 46.5 Å². The molecule has 0 fully saturated rings. The summed E-state index contributed by atoms with van der Waals surface area (Å²) in [6, 6.07) is 0. The molecular formula is CHBr3Cl3P. The van der Waals surface area contributed by atoms with Crippen molar-refractivity contribution in [1.82, 2.24) is 0 Å². The van der Waals surface area contributed by atoms with E-state index in [4.69, 9.17) is 34.8 Å². The summed E-state index contributed by atoms with van der Waals surface area (Å²) in [7, 11) is 0. The molecule has 0 amide bonds. The van der Waals surface area contributed by atoms with Crippen LogP contribution < -0.4 is 0 Å². The van der Waals surface area contributed by atoms with E-state index in [1.54, 1.807) is 0 Å². The first-order valence-electron chi connectivity index (χ1n) is 1.16. The molecule has 0 aromatic rings. The highest BCUT2D eigenvalue weighted by Crippen LogP contribution is 2.59. The number of halogens is 6. The number of alkyl halides is 3. The molecule has 0 aromatic heterocycles. The third kappa shape index (κ3) is 69.7. The van der Waals surface area contributed by atoms with Gasteiger partial charge in [0.25, 0.3) is 0 Å². The Kier molecular flexibility index (Phi) is 16.2. The molecule has 52 valence electrons. The average molecular weight is 390 g/mol. The van der Waals surface area contributed by atoms with E-state index in [0.717, 1.165) is 0 Å². The van der Waals surface area contributed by atoms with Crippen LogP contribution in [-0.2, 0) is 0 Å². The Hall–Kier alpha value is 2.74. The van der Waals surface area contributed by atoms with Crippen LogP contribution in [0.15, 0.2) is 0 Å². The zero-order chi connectivity index (χ0) is 7.15. The molecule has 0 N–H and O–H groups in total. The van der Waals surface area contributed by atoms with Crippen molar-refractivity contribution in [3.8, 4) is 0 Å². The van der Waals surface area contributed by atoms with Crippen LogP contribution in [0.5, 0.6) is 0 Å². The summed E-state index contributed by atoms with van der Waals surface area (Å²) in [6.07, 6.45) is 0. The molecule has 8 heavy (non-hydrogen) atoms. The highest BCUT2D eigenvalue weighted by atomic mass is 80.0. The molecule has 0 atom stereocenters. The third-order valence-electron chi connectivity index (χ3n) is 0. The Morgan fingerprint density at radius 3 is 1.00 bits per heavy atom. The summed E-state index contributed by atoms with van der Waals surface area (Å²) >= 11 is 23.9. The minimum absolute atomic E-state index is 0.183. The maximum absolute atomic E-state index is 4.81.